The van der Waals surface area contributed by atoms with E-state index in [-0.39, 0.29) is 0 Å². The number of nitriles is 1. The van der Waals surface area contributed by atoms with Gasteiger partial charge in [-0.2, -0.15) is 5.26 Å². The van der Waals surface area contributed by atoms with Crippen LogP contribution in [0, 0.1) is 18.3 Å². The molecule has 0 bridgehead atoms. The predicted molar refractivity (Wildman–Crippen MR) is 62.7 cm³/mol. The van der Waals surface area contributed by atoms with Crippen molar-refractivity contribution in [2.24, 2.45) is 0 Å². The Morgan fingerprint density at radius 2 is 2.38 bits per heavy atom. The maximum atomic E-state index is 8.75. The van der Waals surface area contributed by atoms with Gasteiger partial charge in [0.1, 0.15) is 16.5 Å². The van der Waals surface area contributed by atoms with Crippen molar-refractivity contribution in [3.63, 3.8) is 0 Å². The number of aryl methyl sites for hydroxylation is 1. The van der Waals surface area contributed by atoms with Crippen LogP contribution >= 0.6 is 15.9 Å². The lowest BCUT2D eigenvalue weighted by Gasteiger charge is -2.05. The van der Waals surface area contributed by atoms with Crippen molar-refractivity contribution in [3.05, 3.63) is 46.2 Å². The van der Waals surface area contributed by atoms with Crippen molar-refractivity contribution in [2.45, 2.75) is 13.5 Å². The van der Waals surface area contributed by atoms with Gasteiger partial charge in [0.2, 0.25) is 0 Å². The fourth-order valence-electron chi connectivity index (χ4n) is 1.44. The van der Waals surface area contributed by atoms with E-state index in [1.54, 1.807) is 12.4 Å². The Balaban J connectivity index is 2.31. The number of hydrogen-bond donors (Lipinski definition) is 0. The summed E-state index contributed by atoms with van der Waals surface area (Å²) in [7, 11) is 0. The third-order valence-electron chi connectivity index (χ3n) is 2.27. The molecule has 4 nitrogen and oxygen atoms in total. The summed E-state index contributed by atoms with van der Waals surface area (Å²) in [4.78, 5) is 8.27. The second kappa shape index (κ2) is 4.45. The van der Waals surface area contributed by atoms with Gasteiger partial charge in [-0.1, -0.05) is 6.07 Å². The maximum absolute atomic E-state index is 8.75. The van der Waals surface area contributed by atoms with Crippen LogP contribution in [0.15, 0.2) is 29.1 Å². The molecule has 80 valence electrons. The zero-order chi connectivity index (χ0) is 11.5. The fourth-order valence-corrected chi connectivity index (χ4v) is 1.82. The lowest BCUT2D eigenvalue weighted by atomic mass is 10.3. The molecule has 0 fully saturated rings. The largest absolute Gasteiger partial charge is 0.329 e. The van der Waals surface area contributed by atoms with Crippen LogP contribution in [0.5, 0.6) is 0 Å². The first-order valence-electron chi connectivity index (χ1n) is 4.74. The molecule has 0 aliphatic heterocycles. The maximum Gasteiger partial charge on any atom is 0.158 e. The van der Waals surface area contributed by atoms with E-state index >= 15 is 0 Å². The van der Waals surface area contributed by atoms with Crippen LogP contribution in [0.2, 0.25) is 0 Å². The number of imidazole rings is 1. The standard InChI is InChI=1S/C11H9BrN4/c1-8-15-10(5-13)7-16(8)6-9-3-2-4-14-11(9)12/h2-4,7H,6H2,1H3. The van der Waals surface area contributed by atoms with Gasteiger partial charge in [-0.3, -0.25) is 0 Å². The minimum absolute atomic E-state index is 0.442. The van der Waals surface area contributed by atoms with E-state index in [1.165, 1.54) is 0 Å². The minimum atomic E-state index is 0.442. The highest BCUT2D eigenvalue weighted by atomic mass is 79.9. The number of pyridine rings is 1. The van der Waals surface area contributed by atoms with Crippen molar-refractivity contribution in [1.82, 2.24) is 14.5 Å². The van der Waals surface area contributed by atoms with Crippen LogP contribution in [-0.2, 0) is 6.54 Å². The number of halogens is 1. The first kappa shape index (κ1) is 10.8. The molecule has 0 saturated carbocycles. The molecular weight excluding hydrogens is 268 g/mol. The molecule has 5 heteroatoms. The summed E-state index contributed by atoms with van der Waals surface area (Å²) in [6.07, 6.45) is 3.48. The summed E-state index contributed by atoms with van der Waals surface area (Å²) in [6, 6.07) is 5.90. The summed E-state index contributed by atoms with van der Waals surface area (Å²) < 4.78 is 2.75. The zero-order valence-corrected chi connectivity index (χ0v) is 10.3. The zero-order valence-electron chi connectivity index (χ0n) is 8.68. The van der Waals surface area contributed by atoms with E-state index in [1.807, 2.05) is 29.7 Å². The summed E-state index contributed by atoms with van der Waals surface area (Å²) >= 11 is 3.39. The van der Waals surface area contributed by atoms with E-state index in [2.05, 4.69) is 25.9 Å². The van der Waals surface area contributed by atoms with Crippen molar-refractivity contribution in [2.75, 3.05) is 0 Å². The highest BCUT2D eigenvalue weighted by Crippen LogP contribution is 2.15. The van der Waals surface area contributed by atoms with E-state index in [4.69, 9.17) is 5.26 Å². The van der Waals surface area contributed by atoms with Gasteiger partial charge in [0.15, 0.2) is 5.69 Å². The molecule has 16 heavy (non-hydrogen) atoms. The summed E-state index contributed by atoms with van der Waals surface area (Å²) in [5.74, 6) is 0.826. The Morgan fingerprint density at radius 3 is 3.00 bits per heavy atom. The molecule has 2 heterocycles. The molecule has 0 spiro atoms. The molecule has 0 aliphatic rings. The highest BCUT2D eigenvalue weighted by molar-refractivity contribution is 9.10. The van der Waals surface area contributed by atoms with E-state index in [0.29, 0.717) is 12.2 Å². The number of nitrogens with zero attached hydrogens (tertiary/aromatic N) is 4. The van der Waals surface area contributed by atoms with Gasteiger partial charge in [-0.15, -0.1) is 0 Å². The quantitative estimate of drug-likeness (QED) is 0.791. The molecule has 0 saturated heterocycles. The van der Waals surface area contributed by atoms with E-state index in [9.17, 15) is 0 Å². The van der Waals surface area contributed by atoms with Gasteiger partial charge < -0.3 is 4.57 Å². The van der Waals surface area contributed by atoms with Crippen LogP contribution in [-0.4, -0.2) is 14.5 Å². The lowest BCUT2D eigenvalue weighted by molar-refractivity contribution is 0.755. The van der Waals surface area contributed by atoms with Crippen LogP contribution in [0.1, 0.15) is 17.1 Å². The van der Waals surface area contributed by atoms with Crippen molar-refractivity contribution >= 4 is 15.9 Å². The van der Waals surface area contributed by atoms with Crippen molar-refractivity contribution < 1.29 is 0 Å². The number of hydrogen-bond acceptors (Lipinski definition) is 3. The van der Waals surface area contributed by atoms with Crippen LogP contribution in [0.3, 0.4) is 0 Å². The Labute approximate surface area is 102 Å². The monoisotopic (exact) mass is 276 g/mol. The first-order chi connectivity index (χ1) is 7.70. The third kappa shape index (κ3) is 2.12. The van der Waals surface area contributed by atoms with Gasteiger partial charge in [-0.25, -0.2) is 9.97 Å². The fraction of sp³-hybridized carbons (Fsp3) is 0.182. The Hall–Kier alpha value is -1.67. The summed E-state index contributed by atoms with van der Waals surface area (Å²) in [5.41, 5.74) is 1.50. The molecule has 0 N–H and O–H groups in total. The molecule has 2 aromatic rings. The highest BCUT2D eigenvalue weighted by Gasteiger charge is 2.06. The topological polar surface area (TPSA) is 54.5 Å². The molecule has 0 aliphatic carbocycles. The van der Waals surface area contributed by atoms with Crippen molar-refractivity contribution in [1.29, 1.82) is 5.26 Å². The second-order valence-electron chi connectivity index (χ2n) is 3.37. The molecule has 0 atom stereocenters. The van der Waals surface area contributed by atoms with Gasteiger partial charge >= 0.3 is 0 Å². The Bertz CT molecular complexity index is 553. The molecule has 2 aromatic heterocycles. The number of rotatable bonds is 2. The van der Waals surface area contributed by atoms with Crippen LogP contribution < -0.4 is 0 Å². The first-order valence-corrected chi connectivity index (χ1v) is 5.53. The summed E-state index contributed by atoms with van der Waals surface area (Å²) in [6.45, 7) is 2.54. The SMILES string of the molecule is Cc1nc(C#N)cn1Cc1cccnc1Br. The van der Waals surface area contributed by atoms with Crippen LogP contribution in [0.4, 0.5) is 0 Å². The van der Waals surface area contributed by atoms with Crippen molar-refractivity contribution in [3.8, 4) is 6.07 Å². The molecule has 0 unspecified atom stereocenters. The van der Waals surface area contributed by atoms with Gasteiger partial charge in [0, 0.05) is 18.0 Å². The van der Waals surface area contributed by atoms with Gasteiger partial charge in [-0.05, 0) is 28.9 Å². The molecule has 0 amide bonds. The van der Waals surface area contributed by atoms with E-state index < -0.39 is 0 Å². The Kier molecular flexibility index (Phi) is 3.02. The van der Waals surface area contributed by atoms with Crippen LogP contribution in [0.25, 0.3) is 0 Å². The second-order valence-corrected chi connectivity index (χ2v) is 4.12. The lowest BCUT2D eigenvalue weighted by Crippen LogP contribution is -2.01. The Morgan fingerprint density at radius 1 is 1.56 bits per heavy atom. The van der Waals surface area contributed by atoms with Gasteiger partial charge in [0.05, 0.1) is 6.54 Å². The average molecular weight is 277 g/mol. The summed E-state index contributed by atoms with van der Waals surface area (Å²) in [5, 5.41) is 8.75. The smallest absolute Gasteiger partial charge is 0.158 e. The van der Waals surface area contributed by atoms with Gasteiger partial charge in [0.25, 0.3) is 0 Å². The molecular formula is C11H9BrN4. The van der Waals surface area contributed by atoms with E-state index in [0.717, 1.165) is 16.0 Å². The molecule has 0 radical (unpaired) electrons. The average Bonchev–Trinajstić information content (AvgIpc) is 2.63. The minimum Gasteiger partial charge on any atom is -0.329 e. The predicted octanol–water partition coefficient (Wildman–Crippen LogP) is 2.27. The normalized spacial score (nSPS) is 10.1. The third-order valence-corrected chi connectivity index (χ3v) is 2.98. The molecule has 0 aromatic carbocycles. The number of aromatic nitrogens is 3. The molecule has 2 rings (SSSR count).